The maximum Gasteiger partial charge on any atom is 0.294 e. The molecule has 4 rings (SSSR count). The zero-order chi connectivity index (χ0) is 21.1. The number of aromatic nitrogens is 1. The second-order valence-electron chi connectivity index (χ2n) is 7.21. The summed E-state index contributed by atoms with van der Waals surface area (Å²) in [5, 5.41) is 2.96. The number of amides is 2. The average Bonchev–Trinajstić information content (AvgIpc) is 2.74. The Kier molecular flexibility index (Phi) is 5.48. The predicted molar refractivity (Wildman–Crippen MR) is 114 cm³/mol. The largest absolute Gasteiger partial charge is 0.494 e. The average molecular weight is 402 g/mol. The van der Waals surface area contributed by atoms with Gasteiger partial charge in [-0.25, -0.2) is 0 Å². The normalized spacial score (nSPS) is 15.5. The molecule has 0 saturated heterocycles. The van der Waals surface area contributed by atoms with Gasteiger partial charge in [-0.15, -0.1) is 0 Å². The van der Waals surface area contributed by atoms with Crippen molar-refractivity contribution in [1.29, 1.82) is 0 Å². The molecule has 6 heteroatoms. The number of benzene rings is 2. The Morgan fingerprint density at radius 2 is 1.93 bits per heavy atom. The van der Waals surface area contributed by atoms with E-state index in [1.165, 1.54) is 0 Å². The summed E-state index contributed by atoms with van der Waals surface area (Å²) in [5.41, 5.74) is 3.15. The quantitative estimate of drug-likeness (QED) is 0.666. The van der Waals surface area contributed by atoms with Crippen LogP contribution >= 0.6 is 0 Å². The van der Waals surface area contributed by atoms with Gasteiger partial charge < -0.3 is 10.1 Å². The fourth-order valence-electron chi connectivity index (χ4n) is 3.71. The minimum absolute atomic E-state index is 0.129. The van der Waals surface area contributed by atoms with E-state index >= 15 is 0 Å². The molecule has 2 amide bonds. The third kappa shape index (κ3) is 3.89. The minimum Gasteiger partial charge on any atom is -0.494 e. The van der Waals surface area contributed by atoms with Crippen molar-refractivity contribution in [3.63, 3.8) is 0 Å². The van der Waals surface area contributed by atoms with Gasteiger partial charge in [-0.1, -0.05) is 18.2 Å². The fourth-order valence-corrected chi connectivity index (χ4v) is 3.71. The molecule has 0 bridgehead atoms. The Balaban J connectivity index is 1.70. The van der Waals surface area contributed by atoms with Crippen LogP contribution < -0.4 is 19.5 Å². The van der Waals surface area contributed by atoms with E-state index in [-0.39, 0.29) is 18.4 Å². The highest BCUT2D eigenvalue weighted by atomic mass is 16.5. The topological polar surface area (TPSA) is 62.5 Å². The number of hydrogen-bond acceptors (Lipinski definition) is 3. The first-order valence-corrected chi connectivity index (χ1v) is 9.97. The maximum absolute atomic E-state index is 13.4. The van der Waals surface area contributed by atoms with Gasteiger partial charge in [0.15, 0.2) is 6.20 Å². The maximum atomic E-state index is 13.4. The molecular formula is C24H24N3O3+. The minimum atomic E-state index is -0.777. The van der Waals surface area contributed by atoms with Crippen LogP contribution in [0.25, 0.3) is 0 Å². The number of nitrogens with zero attached hydrogens (tertiary/aromatic N) is 2. The molecular weight excluding hydrogens is 378 g/mol. The van der Waals surface area contributed by atoms with Crippen molar-refractivity contribution >= 4 is 23.2 Å². The van der Waals surface area contributed by atoms with Crippen molar-refractivity contribution in [2.24, 2.45) is 0 Å². The number of pyridine rings is 1. The number of hydrogen-bond donors (Lipinski definition) is 1. The molecule has 0 fully saturated rings. The number of ether oxygens (including phenoxy) is 1. The summed E-state index contributed by atoms with van der Waals surface area (Å²) >= 11 is 0. The summed E-state index contributed by atoms with van der Waals surface area (Å²) in [5.74, 6) is 0.343. The van der Waals surface area contributed by atoms with Crippen molar-refractivity contribution in [2.45, 2.75) is 26.4 Å². The number of rotatable bonds is 5. The number of carbonyl (C=O) groups is 2. The van der Waals surface area contributed by atoms with Crippen LogP contribution in [0.4, 0.5) is 11.4 Å². The molecule has 1 N–H and O–H groups in total. The van der Waals surface area contributed by atoms with E-state index in [0.717, 1.165) is 17.0 Å². The second-order valence-corrected chi connectivity index (χ2v) is 7.21. The van der Waals surface area contributed by atoms with Gasteiger partial charge in [0.1, 0.15) is 5.75 Å². The molecule has 6 nitrogen and oxygen atoms in total. The Morgan fingerprint density at radius 1 is 1.13 bits per heavy atom. The van der Waals surface area contributed by atoms with Crippen LogP contribution in [0, 0.1) is 6.92 Å². The fraction of sp³-hybridized carbons (Fsp3) is 0.208. The standard InChI is InChI=1S/C24H23N3O3/c1-3-30-20-12-10-18(11-13-20)25-24(29)23-21-9-4-5-14-26(21)16-22(28)27(23)19-8-6-7-17(2)15-19/h4-15,23H,3,16H2,1-2H3/p+1. The summed E-state index contributed by atoms with van der Waals surface area (Å²) in [6.45, 7) is 4.66. The van der Waals surface area contributed by atoms with E-state index in [9.17, 15) is 9.59 Å². The van der Waals surface area contributed by atoms with E-state index in [4.69, 9.17) is 4.74 Å². The third-order valence-electron chi connectivity index (χ3n) is 5.05. The second kappa shape index (κ2) is 8.37. The van der Waals surface area contributed by atoms with Crippen LogP contribution in [0.5, 0.6) is 5.75 Å². The first-order chi connectivity index (χ1) is 14.6. The zero-order valence-corrected chi connectivity index (χ0v) is 17.0. The lowest BCUT2D eigenvalue weighted by Gasteiger charge is -2.32. The lowest BCUT2D eigenvalue weighted by atomic mass is 10.0. The number of aryl methyl sites for hydroxylation is 1. The molecule has 3 aromatic rings. The van der Waals surface area contributed by atoms with Crippen LogP contribution in [-0.4, -0.2) is 18.4 Å². The highest BCUT2D eigenvalue weighted by Gasteiger charge is 2.43. The SMILES string of the molecule is CCOc1ccc(NC(=O)C2c3cccc[n+]3CC(=O)N2c2cccc(C)c2)cc1. The number of anilines is 2. The van der Waals surface area contributed by atoms with Crippen LogP contribution in [0.15, 0.2) is 72.9 Å². The van der Waals surface area contributed by atoms with E-state index in [1.807, 2.05) is 79.2 Å². The molecule has 1 aliphatic heterocycles. The highest BCUT2D eigenvalue weighted by molar-refractivity contribution is 6.05. The van der Waals surface area contributed by atoms with Crippen molar-refractivity contribution in [2.75, 3.05) is 16.8 Å². The number of carbonyl (C=O) groups excluding carboxylic acids is 2. The number of fused-ring (bicyclic) bond motifs is 1. The van der Waals surface area contributed by atoms with Crippen molar-refractivity contribution in [3.05, 3.63) is 84.2 Å². The lowest BCUT2D eigenvalue weighted by molar-refractivity contribution is -0.695. The van der Waals surface area contributed by atoms with Crippen LogP contribution in [0.3, 0.4) is 0 Å². The molecule has 2 aromatic carbocycles. The molecule has 30 heavy (non-hydrogen) atoms. The molecule has 152 valence electrons. The van der Waals surface area contributed by atoms with Crippen molar-refractivity contribution < 1.29 is 18.9 Å². The van der Waals surface area contributed by atoms with E-state index in [0.29, 0.717) is 18.0 Å². The summed E-state index contributed by atoms with van der Waals surface area (Å²) in [6.07, 6.45) is 1.83. The van der Waals surface area contributed by atoms with Crippen LogP contribution in [0.1, 0.15) is 24.2 Å². The van der Waals surface area contributed by atoms with Gasteiger partial charge in [0.25, 0.3) is 11.8 Å². The Morgan fingerprint density at radius 3 is 2.67 bits per heavy atom. The van der Waals surface area contributed by atoms with Gasteiger partial charge in [0, 0.05) is 23.5 Å². The summed E-state index contributed by atoms with van der Waals surface area (Å²) in [6, 6.07) is 19.7. The summed E-state index contributed by atoms with van der Waals surface area (Å²) in [4.78, 5) is 28.1. The van der Waals surface area contributed by atoms with E-state index < -0.39 is 6.04 Å². The Bertz CT molecular complexity index is 1080. The molecule has 0 radical (unpaired) electrons. The van der Waals surface area contributed by atoms with Gasteiger partial charge in [0.05, 0.1) is 6.61 Å². The van der Waals surface area contributed by atoms with Gasteiger partial charge in [0.2, 0.25) is 18.3 Å². The third-order valence-corrected chi connectivity index (χ3v) is 5.05. The molecule has 1 aliphatic rings. The Labute approximate surface area is 175 Å². The monoisotopic (exact) mass is 402 g/mol. The molecule has 0 aliphatic carbocycles. The zero-order valence-electron chi connectivity index (χ0n) is 17.0. The molecule has 0 spiro atoms. The van der Waals surface area contributed by atoms with Gasteiger partial charge >= 0.3 is 0 Å². The van der Waals surface area contributed by atoms with Gasteiger partial charge in [-0.3, -0.25) is 14.5 Å². The van der Waals surface area contributed by atoms with Crippen LogP contribution in [0.2, 0.25) is 0 Å². The molecule has 2 heterocycles. The molecule has 1 unspecified atom stereocenters. The Hall–Kier alpha value is -3.67. The van der Waals surface area contributed by atoms with Crippen molar-refractivity contribution in [3.8, 4) is 5.75 Å². The molecule has 1 aromatic heterocycles. The first-order valence-electron chi connectivity index (χ1n) is 9.97. The number of nitrogens with one attached hydrogen (secondary N) is 1. The van der Waals surface area contributed by atoms with E-state index in [1.54, 1.807) is 17.0 Å². The van der Waals surface area contributed by atoms with Gasteiger partial charge in [-0.2, -0.15) is 4.57 Å². The summed E-state index contributed by atoms with van der Waals surface area (Å²) < 4.78 is 7.29. The first kappa shape index (κ1) is 19.6. The van der Waals surface area contributed by atoms with Gasteiger partial charge in [-0.05, 0) is 55.8 Å². The smallest absolute Gasteiger partial charge is 0.294 e. The predicted octanol–water partition coefficient (Wildman–Crippen LogP) is 3.41. The van der Waals surface area contributed by atoms with Crippen LogP contribution in [-0.2, 0) is 16.1 Å². The highest BCUT2D eigenvalue weighted by Crippen LogP contribution is 2.30. The lowest BCUT2D eigenvalue weighted by Crippen LogP contribution is -2.58. The van der Waals surface area contributed by atoms with Crippen molar-refractivity contribution in [1.82, 2.24) is 0 Å². The summed E-state index contributed by atoms with van der Waals surface area (Å²) in [7, 11) is 0. The molecule has 1 atom stereocenters. The molecule has 0 saturated carbocycles. The van der Waals surface area contributed by atoms with E-state index in [2.05, 4.69) is 5.32 Å².